The number of hydrogen-bond acceptors (Lipinski definition) is 3. The third kappa shape index (κ3) is 4.49. The van der Waals surface area contributed by atoms with Gasteiger partial charge in [-0.05, 0) is 19.3 Å². The largest absolute Gasteiger partial charge is 0.339 e. The van der Waals surface area contributed by atoms with Gasteiger partial charge in [0.1, 0.15) is 0 Å². The fraction of sp³-hybridized carbons (Fsp3) is 0.900. The van der Waals surface area contributed by atoms with E-state index in [-0.39, 0.29) is 11.7 Å². The molecule has 0 unspecified atom stereocenters. The summed E-state index contributed by atoms with van der Waals surface area (Å²) in [4.78, 5) is 13.0. The molecule has 0 aromatic rings. The van der Waals surface area contributed by atoms with E-state index >= 15 is 0 Å². The molecule has 5 nitrogen and oxygen atoms in total. The monoisotopic (exact) mass is 248 g/mol. The number of sulfonamides is 1. The summed E-state index contributed by atoms with van der Waals surface area (Å²) in [6.45, 7) is 4.14. The maximum Gasteiger partial charge on any atom is 0.219 e. The summed E-state index contributed by atoms with van der Waals surface area (Å²) in [7, 11) is -3.15. The molecule has 1 aliphatic rings. The number of nitrogens with zero attached hydrogens (tertiary/aromatic N) is 1. The number of carbonyl (C=O) groups excluding carboxylic acids is 1. The second-order valence-corrected chi connectivity index (χ2v) is 6.08. The van der Waals surface area contributed by atoms with Crippen LogP contribution in [0.3, 0.4) is 0 Å². The Morgan fingerprint density at radius 2 is 2.06 bits per heavy atom. The highest BCUT2D eigenvalue weighted by molar-refractivity contribution is 7.89. The number of rotatable bonds is 7. The average Bonchev–Trinajstić information content (AvgIpc) is 2.95. The van der Waals surface area contributed by atoms with Crippen LogP contribution >= 0.6 is 0 Å². The molecule has 0 spiro atoms. The molecule has 94 valence electrons. The Bertz CT molecular complexity index is 336. The molecule has 1 saturated carbocycles. The van der Waals surface area contributed by atoms with Gasteiger partial charge >= 0.3 is 0 Å². The SMILES string of the molecule is CCCS(=O)(=O)NCCN(C(C)=O)C1CC1. The van der Waals surface area contributed by atoms with Gasteiger partial charge in [0.2, 0.25) is 15.9 Å². The Hall–Kier alpha value is -0.620. The lowest BCUT2D eigenvalue weighted by Crippen LogP contribution is -2.39. The zero-order valence-electron chi connectivity index (χ0n) is 9.90. The fourth-order valence-electron chi connectivity index (χ4n) is 1.65. The van der Waals surface area contributed by atoms with E-state index in [4.69, 9.17) is 0 Å². The lowest BCUT2D eigenvalue weighted by molar-refractivity contribution is -0.129. The van der Waals surface area contributed by atoms with Crippen LogP contribution in [0.15, 0.2) is 0 Å². The summed E-state index contributed by atoms with van der Waals surface area (Å²) in [6.07, 6.45) is 2.69. The van der Waals surface area contributed by atoms with Crippen molar-refractivity contribution in [2.45, 2.75) is 39.2 Å². The summed E-state index contributed by atoms with van der Waals surface area (Å²) in [6, 6.07) is 0.341. The Balaban J connectivity index is 2.30. The molecule has 0 bridgehead atoms. The van der Waals surface area contributed by atoms with Gasteiger partial charge in [0.25, 0.3) is 0 Å². The molecule has 6 heteroatoms. The van der Waals surface area contributed by atoms with E-state index in [0.29, 0.717) is 25.6 Å². The minimum absolute atomic E-state index is 0.0252. The van der Waals surface area contributed by atoms with Gasteiger partial charge in [0, 0.05) is 26.1 Å². The number of nitrogens with one attached hydrogen (secondary N) is 1. The Morgan fingerprint density at radius 1 is 1.44 bits per heavy atom. The summed E-state index contributed by atoms with van der Waals surface area (Å²) < 4.78 is 25.2. The van der Waals surface area contributed by atoms with Crippen LogP contribution in [0.1, 0.15) is 33.1 Å². The van der Waals surface area contributed by atoms with Crippen LogP contribution in [-0.4, -0.2) is 44.1 Å². The van der Waals surface area contributed by atoms with E-state index in [1.165, 1.54) is 6.92 Å². The van der Waals surface area contributed by atoms with Gasteiger partial charge in [0.15, 0.2) is 0 Å². The molecular formula is C10H20N2O3S. The molecule has 0 aliphatic heterocycles. The highest BCUT2D eigenvalue weighted by atomic mass is 32.2. The number of amides is 1. The molecule has 0 saturated heterocycles. The summed E-state index contributed by atoms with van der Waals surface area (Å²) in [5.41, 5.74) is 0. The van der Waals surface area contributed by atoms with Gasteiger partial charge < -0.3 is 4.90 Å². The molecule has 0 aromatic heterocycles. The third-order valence-corrected chi connectivity index (χ3v) is 4.13. The van der Waals surface area contributed by atoms with Gasteiger partial charge in [-0.15, -0.1) is 0 Å². The van der Waals surface area contributed by atoms with Crippen LogP contribution in [-0.2, 0) is 14.8 Å². The number of carbonyl (C=O) groups is 1. The molecule has 0 radical (unpaired) electrons. The molecule has 1 fully saturated rings. The Labute approximate surface area is 97.2 Å². The molecule has 0 atom stereocenters. The highest BCUT2D eigenvalue weighted by Gasteiger charge is 2.30. The fourth-order valence-corrected chi connectivity index (χ4v) is 2.73. The van der Waals surface area contributed by atoms with Gasteiger partial charge in [-0.25, -0.2) is 13.1 Å². The molecular weight excluding hydrogens is 228 g/mol. The molecule has 0 heterocycles. The first-order valence-electron chi connectivity index (χ1n) is 5.71. The van der Waals surface area contributed by atoms with Crippen LogP contribution in [0.25, 0.3) is 0 Å². The number of hydrogen-bond donors (Lipinski definition) is 1. The summed E-state index contributed by atoms with van der Waals surface area (Å²) >= 11 is 0. The van der Waals surface area contributed by atoms with Crippen LogP contribution < -0.4 is 4.72 Å². The average molecular weight is 248 g/mol. The van der Waals surface area contributed by atoms with Crippen molar-refractivity contribution in [1.29, 1.82) is 0 Å². The zero-order valence-corrected chi connectivity index (χ0v) is 10.7. The van der Waals surface area contributed by atoms with Gasteiger partial charge in [-0.2, -0.15) is 0 Å². The van der Waals surface area contributed by atoms with E-state index < -0.39 is 10.0 Å². The van der Waals surface area contributed by atoms with Gasteiger partial charge in [-0.1, -0.05) is 6.92 Å². The van der Waals surface area contributed by atoms with Crippen LogP contribution in [0.5, 0.6) is 0 Å². The standard InChI is InChI=1S/C10H20N2O3S/c1-3-8-16(14,15)11-6-7-12(9(2)13)10-4-5-10/h10-11H,3-8H2,1-2H3. The molecule has 1 amide bonds. The molecule has 16 heavy (non-hydrogen) atoms. The lowest BCUT2D eigenvalue weighted by atomic mass is 10.4. The minimum atomic E-state index is -3.15. The van der Waals surface area contributed by atoms with Gasteiger partial charge in [-0.3, -0.25) is 4.79 Å². The van der Waals surface area contributed by atoms with Crippen molar-refractivity contribution in [1.82, 2.24) is 9.62 Å². The van der Waals surface area contributed by atoms with E-state index in [1.54, 1.807) is 4.90 Å². The first-order chi connectivity index (χ1) is 7.46. The second-order valence-electron chi connectivity index (χ2n) is 4.16. The molecule has 1 aliphatic carbocycles. The van der Waals surface area contributed by atoms with Crippen molar-refractivity contribution in [3.8, 4) is 0 Å². The normalized spacial score (nSPS) is 16.1. The van der Waals surface area contributed by atoms with Crippen molar-refractivity contribution in [2.24, 2.45) is 0 Å². The zero-order chi connectivity index (χ0) is 12.2. The van der Waals surface area contributed by atoms with Gasteiger partial charge in [0.05, 0.1) is 5.75 Å². The summed E-state index contributed by atoms with van der Waals surface area (Å²) in [5, 5.41) is 0. The molecule has 1 rings (SSSR count). The first-order valence-corrected chi connectivity index (χ1v) is 7.36. The van der Waals surface area contributed by atoms with Crippen LogP contribution in [0, 0.1) is 0 Å². The quantitative estimate of drug-likeness (QED) is 0.706. The Kier molecular flexibility index (Phi) is 4.73. The van der Waals surface area contributed by atoms with Crippen molar-refractivity contribution >= 4 is 15.9 Å². The van der Waals surface area contributed by atoms with E-state index in [2.05, 4.69) is 4.72 Å². The summed E-state index contributed by atoms with van der Waals surface area (Å²) in [5.74, 6) is 0.174. The maximum atomic E-state index is 11.4. The minimum Gasteiger partial charge on any atom is -0.339 e. The third-order valence-electron chi connectivity index (χ3n) is 2.54. The van der Waals surface area contributed by atoms with Crippen LogP contribution in [0.4, 0.5) is 0 Å². The molecule has 1 N–H and O–H groups in total. The van der Waals surface area contributed by atoms with Crippen molar-refractivity contribution < 1.29 is 13.2 Å². The van der Waals surface area contributed by atoms with Crippen LogP contribution in [0.2, 0.25) is 0 Å². The van der Waals surface area contributed by atoms with E-state index in [0.717, 1.165) is 12.8 Å². The topological polar surface area (TPSA) is 66.5 Å². The predicted octanol–water partition coefficient (Wildman–Crippen LogP) is 0.327. The first kappa shape index (κ1) is 13.4. The van der Waals surface area contributed by atoms with Crippen molar-refractivity contribution in [3.63, 3.8) is 0 Å². The Morgan fingerprint density at radius 3 is 2.50 bits per heavy atom. The van der Waals surface area contributed by atoms with E-state index in [9.17, 15) is 13.2 Å². The van der Waals surface area contributed by atoms with Crippen molar-refractivity contribution in [2.75, 3.05) is 18.8 Å². The molecule has 0 aromatic carbocycles. The van der Waals surface area contributed by atoms with E-state index in [1.807, 2.05) is 6.92 Å². The maximum absolute atomic E-state index is 11.4. The second kappa shape index (κ2) is 5.63. The smallest absolute Gasteiger partial charge is 0.219 e. The highest BCUT2D eigenvalue weighted by Crippen LogP contribution is 2.26. The lowest BCUT2D eigenvalue weighted by Gasteiger charge is -2.20. The predicted molar refractivity (Wildman–Crippen MR) is 62.5 cm³/mol. The van der Waals surface area contributed by atoms with Crippen molar-refractivity contribution in [3.05, 3.63) is 0 Å².